The van der Waals surface area contributed by atoms with E-state index in [0.717, 1.165) is 61.7 Å². The van der Waals surface area contributed by atoms with Gasteiger partial charge in [-0.2, -0.15) is 0 Å². The predicted molar refractivity (Wildman–Crippen MR) is 170 cm³/mol. The maximum atomic E-state index is 11.6. The number of carboxylic acid groups (broad SMARTS) is 2. The van der Waals surface area contributed by atoms with Crippen LogP contribution in [0.3, 0.4) is 0 Å². The van der Waals surface area contributed by atoms with Crippen LogP contribution in [0.25, 0.3) is 29.6 Å². The molecule has 6 heterocycles. The molecular weight excluding hydrogens is 616 g/mol. The smallest absolute Gasteiger partial charge is 0.674 e. The first-order valence-corrected chi connectivity index (χ1v) is 15.9. The van der Waals surface area contributed by atoms with Gasteiger partial charge in [-0.25, -0.2) is 0 Å². The molecule has 2 N–H and O–H groups in total. The van der Waals surface area contributed by atoms with Gasteiger partial charge in [-0.3, -0.25) is 9.59 Å². The van der Waals surface area contributed by atoms with Crippen molar-refractivity contribution < 1.29 is 36.9 Å². The fraction of sp³-hybridized carbons (Fsp3) is 0.412. The Kier molecular flexibility index (Phi) is 8.66. The van der Waals surface area contributed by atoms with Gasteiger partial charge in [0.15, 0.2) is 10.00 Å². The van der Waals surface area contributed by atoms with Gasteiger partial charge in [-0.05, 0) is 77.3 Å². The molecule has 230 valence electrons. The number of hydrogen-bond donors (Lipinski definition) is 2. The number of aliphatic carboxylic acids is 2. The Morgan fingerprint density at radius 3 is 1.98 bits per heavy atom. The summed E-state index contributed by atoms with van der Waals surface area (Å²) in [6, 6.07) is -0.0821. The number of allylic oxidation sites excluding steroid dienone is 1. The van der Waals surface area contributed by atoms with Crippen molar-refractivity contribution in [2.24, 2.45) is 0 Å². The van der Waals surface area contributed by atoms with Crippen molar-refractivity contribution in [2.45, 2.75) is 89.7 Å². The van der Waals surface area contributed by atoms with Gasteiger partial charge in [-0.15, -0.1) is 44.6 Å². The maximum absolute atomic E-state index is 11.6. The van der Waals surface area contributed by atoms with E-state index in [1.165, 1.54) is 22.9 Å². The van der Waals surface area contributed by atoms with E-state index in [-0.39, 0.29) is 40.7 Å². The Balaban J connectivity index is 0.00000384. The molecule has 6 rings (SSSR count). The topological polar surface area (TPSA) is 131 Å². The number of aromatic nitrogens is 3. The molecular formula is C34H37FeN4O4S+. The van der Waals surface area contributed by atoms with E-state index >= 15 is 0 Å². The predicted octanol–water partition coefficient (Wildman–Crippen LogP) is 1.30. The molecule has 1 spiro atoms. The van der Waals surface area contributed by atoms with E-state index in [1.54, 1.807) is 0 Å². The summed E-state index contributed by atoms with van der Waals surface area (Å²) in [5.74, 6) is -1.74. The SMILES string of the molecule is CCc1c(C)/c2[n-]/c1=C\C1=C(C)[C@]3([SH+][C@@H]3C)C(/C=c3\[n-]/c(c(CCC(=O)O)c3C)=C\c3[n-]c(c(C)c3CCC(=O)O)\C=2)[N-]1.[Fe+4]. The van der Waals surface area contributed by atoms with Gasteiger partial charge < -0.3 is 30.5 Å². The second-order valence-electron chi connectivity index (χ2n) is 11.9. The number of thiol groups is 1. The molecule has 1 fully saturated rings. The van der Waals surface area contributed by atoms with Gasteiger partial charge in [0.1, 0.15) is 0 Å². The van der Waals surface area contributed by atoms with Crippen LogP contribution in [0.15, 0.2) is 11.3 Å². The summed E-state index contributed by atoms with van der Waals surface area (Å²) in [6.45, 7) is 12.7. The van der Waals surface area contributed by atoms with Crippen molar-refractivity contribution in [3.05, 3.63) is 82.8 Å². The van der Waals surface area contributed by atoms with Crippen LogP contribution in [-0.2, 0) is 57.7 Å². The Morgan fingerprint density at radius 1 is 0.795 bits per heavy atom. The number of hydrogen-bond acceptors (Lipinski definition) is 2. The quantitative estimate of drug-likeness (QED) is 0.170. The summed E-state index contributed by atoms with van der Waals surface area (Å²) in [5.41, 5.74) is 9.59. The Morgan fingerprint density at radius 2 is 1.36 bits per heavy atom. The first kappa shape index (κ1) is 32.1. The van der Waals surface area contributed by atoms with Crippen molar-refractivity contribution in [3.8, 4) is 0 Å². The molecule has 44 heavy (non-hydrogen) atoms. The largest absolute Gasteiger partial charge is 4.00 e. The van der Waals surface area contributed by atoms with Crippen molar-refractivity contribution >= 4 is 48.0 Å². The minimum absolute atomic E-state index is 0. The molecule has 8 bridgehead atoms. The van der Waals surface area contributed by atoms with E-state index < -0.39 is 11.9 Å². The van der Waals surface area contributed by atoms with Gasteiger partial charge >= 0.3 is 29.0 Å². The molecule has 3 aliphatic heterocycles. The average Bonchev–Trinajstić information content (AvgIpc) is 3.09. The molecule has 8 nitrogen and oxygen atoms in total. The van der Waals surface area contributed by atoms with Crippen molar-refractivity contribution in [1.29, 1.82) is 0 Å². The molecule has 0 amide bonds. The number of nitrogens with zero attached hydrogens (tertiary/aromatic N) is 4. The van der Waals surface area contributed by atoms with Crippen LogP contribution in [0.4, 0.5) is 0 Å². The van der Waals surface area contributed by atoms with E-state index in [4.69, 9.17) is 20.3 Å². The van der Waals surface area contributed by atoms with Crippen molar-refractivity contribution in [2.75, 3.05) is 0 Å². The minimum Gasteiger partial charge on any atom is -0.674 e. The van der Waals surface area contributed by atoms with Crippen LogP contribution in [0.2, 0.25) is 0 Å². The zero-order valence-corrected chi connectivity index (χ0v) is 27.8. The van der Waals surface area contributed by atoms with Crippen molar-refractivity contribution in [3.63, 3.8) is 0 Å². The molecule has 1 saturated heterocycles. The number of rotatable bonds is 7. The van der Waals surface area contributed by atoms with Gasteiger partial charge in [-0.1, -0.05) is 58.5 Å². The van der Waals surface area contributed by atoms with Crippen molar-refractivity contribution in [1.82, 2.24) is 15.0 Å². The van der Waals surface area contributed by atoms with E-state index in [1.807, 2.05) is 26.0 Å². The van der Waals surface area contributed by atoms with E-state index in [0.29, 0.717) is 29.1 Å². The first-order chi connectivity index (χ1) is 20.4. The summed E-state index contributed by atoms with van der Waals surface area (Å²) < 4.78 is -0.0674. The Hall–Kier alpha value is -3.33. The molecule has 0 aromatic carbocycles. The molecule has 3 aliphatic rings. The van der Waals surface area contributed by atoms with Crippen LogP contribution in [0.5, 0.6) is 0 Å². The zero-order chi connectivity index (χ0) is 30.8. The molecule has 0 radical (unpaired) electrons. The number of carbonyl (C=O) groups is 2. The molecule has 3 atom stereocenters. The molecule has 0 aliphatic carbocycles. The van der Waals surface area contributed by atoms with Crippen LogP contribution in [0.1, 0.15) is 78.4 Å². The van der Waals surface area contributed by atoms with Gasteiger partial charge in [0.25, 0.3) is 0 Å². The third-order valence-electron chi connectivity index (χ3n) is 9.52. The van der Waals surface area contributed by atoms with Crippen LogP contribution in [0, 0.1) is 20.8 Å². The van der Waals surface area contributed by atoms with Crippen LogP contribution in [-0.4, -0.2) is 38.2 Å². The summed E-state index contributed by atoms with van der Waals surface area (Å²) in [7, 11) is 0. The van der Waals surface area contributed by atoms with E-state index in [9.17, 15) is 19.8 Å². The van der Waals surface area contributed by atoms with Crippen LogP contribution < -0.4 is 36.3 Å². The standard InChI is InChI=1S/C34H36N4O4S.Fe/c1-7-21-16(2)24-12-25-17(3)22(8-10-32(39)40)29(36-25)14-30-23(9-11-33(41)42)18(4)26(37-30)15-31-34(20(6)43-34)19(5)27(38-31)13-28(21)35-24;/h12-15,20,31H,7-11H2,1-6H3,(H,39,40)(H,41,42);/q-4;+4/p+1/b24-12-,26-15-,28-13-,30-14-;/t20-,31?,34-;/m1./s1. The normalized spacial score (nSPS) is 24.6. The summed E-state index contributed by atoms with van der Waals surface area (Å²) in [6.07, 6.45) is 9.69. The maximum Gasteiger partial charge on any atom is 4.00 e. The Bertz CT molecular complexity index is 1960. The second kappa shape index (κ2) is 11.9. The number of carboxylic acids is 2. The average molecular weight is 654 g/mol. The molecule has 10 heteroatoms. The van der Waals surface area contributed by atoms with Gasteiger partial charge in [0.05, 0.1) is 0 Å². The minimum atomic E-state index is -0.871. The number of fused-ring (bicyclic) bond motifs is 9. The second-order valence-corrected chi connectivity index (χ2v) is 13.7. The zero-order valence-electron chi connectivity index (χ0n) is 25.8. The first-order valence-electron chi connectivity index (χ1n) is 14.9. The third kappa shape index (κ3) is 5.31. The summed E-state index contributed by atoms with van der Waals surface area (Å²) >= 11 is 1.35. The van der Waals surface area contributed by atoms with E-state index in [2.05, 4.69) is 39.8 Å². The Labute approximate surface area is 271 Å². The fourth-order valence-corrected chi connectivity index (χ4v) is 8.37. The molecule has 1 unspecified atom stereocenters. The molecule has 3 aromatic rings. The third-order valence-corrected chi connectivity index (χ3v) is 11.4. The monoisotopic (exact) mass is 653 g/mol. The van der Waals surface area contributed by atoms with Gasteiger partial charge in [0, 0.05) is 12.8 Å². The molecule has 3 aromatic heterocycles. The fourth-order valence-electron chi connectivity index (χ4n) is 6.86. The molecule has 0 saturated carbocycles. The summed E-state index contributed by atoms with van der Waals surface area (Å²) in [4.78, 5) is 38.3. The van der Waals surface area contributed by atoms with Crippen LogP contribution >= 0.6 is 0 Å². The summed E-state index contributed by atoms with van der Waals surface area (Å²) in [5, 5.41) is 28.0. The van der Waals surface area contributed by atoms with Gasteiger partial charge in [0.2, 0.25) is 0 Å².